The number of methoxy groups -OCH3 is 1. The first-order valence-electron chi connectivity index (χ1n) is 6.87. The fourth-order valence-corrected chi connectivity index (χ4v) is 3.25. The summed E-state index contributed by atoms with van der Waals surface area (Å²) in [6.45, 7) is 0.560. The summed E-state index contributed by atoms with van der Waals surface area (Å²) in [5.74, 6) is 0. The molecule has 0 heterocycles. The number of nitriles is 2. The molecule has 0 radical (unpaired) electrons. The Morgan fingerprint density at radius 3 is 2.25 bits per heavy atom. The van der Waals surface area contributed by atoms with Crippen LogP contribution >= 0.6 is 0 Å². The second-order valence-electron chi connectivity index (χ2n) is 5.26. The van der Waals surface area contributed by atoms with E-state index in [0.717, 1.165) is 36.8 Å². The zero-order valence-corrected chi connectivity index (χ0v) is 11.7. The highest BCUT2D eigenvalue weighted by Gasteiger charge is 2.40. The molecule has 1 aliphatic rings. The summed E-state index contributed by atoms with van der Waals surface area (Å²) in [6.07, 6.45) is 4.17. The lowest BCUT2D eigenvalue weighted by Gasteiger charge is -2.31. The third-order valence-corrected chi connectivity index (χ3v) is 4.05. The topological polar surface area (TPSA) is 56.8 Å². The van der Waals surface area contributed by atoms with E-state index in [1.807, 2.05) is 30.3 Å². The normalized spacial score (nSPS) is 16.1. The molecule has 1 saturated carbocycles. The van der Waals surface area contributed by atoms with Crippen molar-refractivity contribution in [3.8, 4) is 12.1 Å². The van der Waals surface area contributed by atoms with E-state index < -0.39 is 0 Å². The van der Waals surface area contributed by atoms with Crippen molar-refractivity contribution in [2.24, 2.45) is 5.41 Å². The smallest absolute Gasteiger partial charge is 0.134 e. The number of hydrogen-bond donors (Lipinski definition) is 0. The van der Waals surface area contributed by atoms with Gasteiger partial charge in [-0.25, -0.2) is 0 Å². The molecule has 0 saturated heterocycles. The molecule has 0 aliphatic heterocycles. The Bertz CT molecular complexity index is 553. The van der Waals surface area contributed by atoms with Crippen LogP contribution in [0.4, 0.5) is 0 Å². The summed E-state index contributed by atoms with van der Waals surface area (Å²) in [4.78, 5) is 0. The number of nitrogens with zero attached hydrogens (tertiary/aromatic N) is 2. The first-order chi connectivity index (χ1) is 9.77. The van der Waals surface area contributed by atoms with Gasteiger partial charge in [-0.1, -0.05) is 43.2 Å². The van der Waals surface area contributed by atoms with Crippen LogP contribution in [0.1, 0.15) is 31.2 Å². The molecular formula is C17H18N2O. The molecule has 0 atom stereocenters. The number of hydrogen-bond acceptors (Lipinski definition) is 3. The summed E-state index contributed by atoms with van der Waals surface area (Å²) in [5, 5.41) is 18.7. The second-order valence-corrected chi connectivity index (χ2v) is 5.26. The van der Waals surface area contributed by atoms with Gasteiger partial charge in [0.15, 0.2) is 0 Å². The minimum atomic E-state index is -0.198. The molecule has 0 aromatic heterocycles. The van der Waals surface area contributed by atoms with E-state index in [0.29, 0.717) is 6.61 Å². The minimum absolute atomic E-state index is 0.198. The number of allylic oxidation sites excluding steroid dienone is 1. The largest absolute Gasteiger partial charge is 0.384 e. The van der Waals surface area contributed by atoms with Gasteiger partial charge in [0, 0.05) is 12.5 Å². The molecule has 3 nitrogen and oxygen atoms in total. The predicted molar refractivity (Wildman–Crippen MR) is 77.4 cm³/mol. The molecule has 1 aromatic carbocycles. The van der Waals surface area contributed by atoms with E-state index in [1.54, 1.807) is 7.11 Å². The van der Waals surface area contributed by atoms with Crippen molar-refractivity contribution in [2.75, 3.05) is 13.7 Å². The molecule has 0 N–H and O–H groups in total. The lowest BCUT2D eigenvalue weighted by molar-refractivity contribution is 0.121. The Hall–Kier alpha value is -2.10. The van der Waals surface area contributed by atoms with Crippen molar-refractivity contribution in [1.29, 1.82) is 10.5 Å². The maximum absolute atomic E-state index is 9.33. The van der Waals surface area contributed by atoms with Crippen LogP contribution in [-0.4, -0.2) is 13.7 Å². The van der Waals surface area contributed by atoms with Crippen molar-refractivity contribution in [3.63, 3.8) is 0 Å². The summed E-state index contributed by atoms with van der Waals surface area (Å²) in [7, 11) is 1.68. The third kappa shape index (κ3) is 2.59. The Morgan fingerprint density at radius 2 is 1.75 bits per heavy atom. The highest BCUT2D eigenvalue weighted by molar-refractivity contribution is 5.79. The molecule has 1 aliphatic carbocycles. The average Bonchev–Trinajstić information content (AvgIpc) is 2.95. The van der Waals surface area contributed by atoms with Crippen LogP contribution in [0.2, 0.25) is 0 Å². The molecule has 2 rings (SSSR count). The van der Waals surface area contributed by atoms with Crippen molar-refractivity contribution < 1.29 is 4.74 Å². The van der Waals surface area contributed by atoms with Crippen molar-refractivity contribution in [3.05, 3.63) is 41.5 Å². The van der Waals surface area contributed by atoms with Gasteiger partial charge in [-0.15, -0.1) is 0 Å². The van der Waals surface area contributed by atoms with Crippen molar-refractivity contribution in [2.45, 2.75) is 25.7 Å². The quantitative estimate of drug-likeness (QED) is 0.781. The zero-order valence-electron chi connectivity index (χ0n) is 11.7. The monoisotopic (exact) mass is 266 g/mol. The summed E-state index contributed by atoms with van der Waals surface area (Å²) < 4.78 is 5.42. The van der Waals surface area contributed by atoms with E-state index in [-0.39, 0.29) is 11.0 Å². The predicted octanol–water partition coefficient (Wildman–Crippen LogP) is 3.69. The Morgan fingerprint density at radius 1 is 1.15 bits per heavy atom. The number of benzene rings is 1. The first kappa shape index (κ1) is 14.3. The van der Waals surface area contributed by atoms with Gasteiger partial charge in [0.25, 0.3) is 0 Å². The van der Waals surface area contributed by atoms with Gasteiger partial charge in [-0.3, -0.25) is 0 Å². The van der Waals surface area contributed by atoms with Gasteiger partial charge >= 0.3 is 0 Å². The minimum Gasteiger partial charge on any atom is -0.384 e. The van der Waals surface area contributed by atoms with Crippen molar-refractivity contribution in [1.82, 2.24) is 0 Å². The molecule has 1 fully saturated rings. The summed E-state index contributed by atoms with van der Waals surface area (Å²) in [5.41, 5.74) is 1.85. The van der Waals surface area contributed by atoms with Gasteiger partial charge < -0.3 is 4.74 Å². The van der Waals surface area contributed by atoms with E-state index in [4.69, 9.17) is 4.74 Å². The highest BCUT2D eigenvalue weighted by atomic mass is 16.5. The van der Waals surface area contributed by atoms with E-state index >= 15 is 0 Å². The van der Waals surface area contributed by atoms with Crippen LogP contribution in [-0.2, 0) is 4.74 Å². The summed E-state index contributed by atoms with van der Waals surface area (Å²) >= 11 is 0. The van der Waals surface area contributed by atoms with Crippen molar-refractivity contribution >= 4 is 5.57 Å². The molecule has 0 spiro atoms. The van der Waals surface area contributed by atoms with Gasteiger partial charge in [-0.05, 0) is 24.0 Å². The third-order valence-electron chi connectivity index (χ3n) is 4.05. The number of ether oxygens (including phenoxy) is 1. The highest BCUT2D eigenvalue weighted by Crippen LogP contribution is 2.49. The van der Waals surface area contributed by atoms with Crippen LogP contribution in [0.15, 0.2) is 35.9 Å². The Labute approximate surface area is 120 Å². The fourth-order valence-electron chi connectivity index (χ4n) is 3.25. The molecule has 102 valence electrons. The van der Waals surface area contributed by atoms with Gasteiger partial charge in [0.05, 0.1) is 6.61 Å². The maximum Gasteiger partial charge on any atom is 0.134 e. The molecule has 20 heavy (non-hydrogen) atoms. The van der Waals surface area contributed by atoms with Gasteiger partial charge in [-0.2, -0.15) is 10.5 Å². The zero-order chi connectivity index (χ0) is 14.4. The standard InChI is InChI=1S/C17H18N2O/c1-20-13-17(9-5-6-10-17)16(15(11-18)12-19)14-7-3-2-4-8-14/h2-4,7-8H,5-6,9-10,13H2,1H3. The lowest BCUT2D eigenvalue weighted by atomic mass is 9.74. The molecule has 1 aromatic rings. The Balaban J connectivity index is 2.62. The van der Waals surface area contributed by atoms with Gasteiger partial charge in [0.2, 0.25) is 0 Å². The maximum atomic E-state index is 9.33. The molecule has 0 amide bonds. The molecular weight excluding hydrogens is 248 g/mol. The van der Waals surface area contributed by atoms with Crippen LogP contribution in [0.3, 0.4) is 0 Å². The number of rotatable bonds is 4. The molecule has 0 bridgehead atoms. The lowest BCUT2D eigenvalue weighted by Crippen LogP contribution is -2.25. The van der Waals surface area contributed by atoms with Crippen LogP contribution < -0.4 is 0 Å². The van der Waals surface area contributed by atoms with Gasteiger partial charge in [0.1, 0.15) is 17.7 Å². The van der Waals surface area contributed by atoms with Crippen LogP contribution in [0.5, 0.6) is 0 Å². The van der Waals surface area contributed by atoms with E-state index in [1.165, 1.54) is 0 Å². The average molecular weight is 266 g/mol. The molecule has 3 heteroatoms. The van der Waals surface area contributed by atoms with Crippen LogP contribution in [0.25, 0.3) is 5.57 Å². The SMILES string of the molecule is COCC1(C(=C(C#N)C#N)c2ccccc2)CCCC1. The van der Waals surface area contributed by atoms with Crippen LogP contribution in [0, 0.1) is 28.1 Å². The second kappa shape index (κ2) is 6.37. The van der Waals surface area contributed by atoms with E-state index in [9.17, 15) is 10.5 Å². The fraction of sp³-hybridized carbons (Fsp3) is 0.412. The molecule has 0 unspecified atom stereocenters. The Kier molecular flexibility index (Phi) is 4.56. The summed E-state index contributed by atoms with van der Waals surface area (Å²) in [6, 6.07) is 13.9. The first-order valence-corrected chi connectivity index (χ1v) is 6.87. The van der Waals surface area contributed by atoms with E-state index in [2.05, 4.69) is 12.1 Å².